The fourth-order valence-electron chi connectivity index (χ4n) is 3.65. The van der Waals surface area contributed by atoms with Gasteiger partial charge in [-0.15, -0.1) is 0 Å². The molecule has 0 spiro atoms. The number of rotatable bonds is 21. The lowest BCUT2D eigenvalue weighted by atomic mass is 10.0. The molecule has 0 heterocycles. The molecule has 0 aromatic heterocycles. The molecular formula is C27H58. The van der Waals surface area contributed by atoms with Crippen molar-refractivity contribution in [3.05, 3.63) is 0 Å². The van der Waals surface area contributed by atoms with Gasteiger partial charge in [-0.3, -0.25) is 0 Å². The van der Waals surface area contributed by atoms with Gasteiger partial charge in [-0.25, -0.2) is 0 Å². The quantitative estimate of drug-likeness (QED) is 0.173. The van der Waals surface area contributed by atoms with Crippen LogP contribution >= 0.6 is 0 Å². The normalized spacial score (nSPS) is 10.7. The smallest absolute Gasteiger partial charge is 0.0533 e. The zero-order chi connectivity index (χ0) is 20.3. The molecule has 0 N–H and O–H groups in total. The largest absolute Gasteiger partial charge is 0.0654 e. The van der Waals surface area contributed by atoms with Crippen molar-refractivity contribution in [3.8, 4) is 0 Å². The minimum absolute atomic E-state index is 1.37. The standard InChI is InChI=1S/C17H36.C10H22/c1-3-5-7-9-11-13-15-17-16-14-12-10-8-6-4-2;1-3-5-7-9-10-8-6-4-2/h3-17H2,1-2H3;3-10H2,1-2H3. The van der Waals surface area contributed by atoms with Gasteiger partial charge in [0.1, 0.15) is 0 Å². The Morgan fingerprint density at radius 3 is 0.407 bits per heavy atom. The lowest BCUT2D eigenvalue weighted by Gasteiger charge is -2.02. The fourth-order valence-corrected chi connectivity index (χ4v) is 3.65. The Labute approximate surface area is 175 Å². The second kappa shape index (κ2) is 30.7. The highest BCUT2D eigenvalue weighted by Crippen LogP contribution is 2.13. The fraction of sp³-hybridized carbons (Fsp3) is 1.00. The SMILES string of the molecule is CCCCCCCCCC.CCCCCCCCCCCCCCCCC. The van der Waals surface area contributed by atoms with E-state index >= 15 is 0 Å². The van der Waals surface area contributed by atoms with Crippen molar-refractivity contribution < 1.29 is 0 Å². The Morgan fingerprint density at radius 2 is 0.296 bits per heavy atom. The molecule has 0 aliphatic carbocycles. The van der Waals surface area contributed by atoms with Gasteiger partial charge in [-0.2, -0.15) is 0 Å². The molecule has 0 fully saturated rings. The first kappa shape index (κ1) is 29.2. The zero-order valence-electron chi connectivity index (χ0n) is 20.3. The Morgan fingerprint density at radius 1 is 0.185 bits per heavy atom. The zero-order valence-corrected chi connectivity index (χ0v) is 20.3. The van der Waals surface area contributed by atoms with Gasteiger partial charge in [0.2, 0.25) is 0 Å². The molecule has 0 aliphatic rings. The van der Waals surface area contributed by atoms with E-state index < -0.39 is 0 Å². The third kappa shape index (κ3) is 34.0. The van der Waals surface area contributed by atoms with E-state index in [2.05, 4.69) is 27.7 Å². The molecule has 0 aliphatic heterocycles. The van der Waals surface area contributed by atoms with Crippen LogP contribution in [0.4, 0.5) is 0 Å². The second-order valence-corrected chi connectivity index (χ2v) is 8.72. The van der Waals surface area contributed by atoms with E-state index in [1.54, 1.807) is 0 Å². The Hall–Kier alpha value is 0. The van der Waals surface area contributed by atoms with Crippen molar-refractivity contribution in [3.63, 3.8) is 0 Å². The molecule has 0 rings (SSSR count). The average Bonchev–Trinajstić information content (AvgIpc) is 2.69. The van der Waals surface area contributed by atoms with Gasteiger partial charge in [0, 0.05) is 0 Å². The summed E-state index contributed by atoms with van der Waals surface area (Å²) in [6.07, 6.45) is 33.4. The van der Waals surface area contributed by atoms with Crippen LogP contribution < -0.4 is 0 Å². The van der Waals surface area contributed by atoms with Crippen LogP contribution in [0.5, 0.6) is 0 Å². The van der Waals surface area contributed by atoms with Crippen LogP contribution in [0, 0.1) is 0 Å². The molecular weight excluding hydrogens is 324 g/mol. The molecule has 0 nitrogen and oxygen atoms in total. The average molecular weight is 383 g/mol. The van der Waals surface area contributed by atoms with Gasteiger partial charge in [-0.05, 0) is 0 Å². The van der Waals surface area contributed by atoms with Crippen molar-refractivity contribution in [1.82, 2.24) is 0 Å². The van der Waals surface area contributed by atoms with Gasteiger partial charge >= 0.3 is 0 Å². The number of hydrogen-bond donors (Lipinski definition) is 0. The first-order valence-corrected chi connectivity index (χ1v) is 13.3. The third-order valence-electron chi connectivity index (χ3n) is 5.66. The van der Waals surface area contributed by atoms with Crippen molar-refractivity contribution in [2.24, 2.45) is 0 Å². The van der Waals surface area contributed by atoms with E-state index in [1.807, 2.05) is 0 Å². The van der Waals surface area contributed by atoms with Crippen LogP contribution in [-0.2, 0) is 0 Å². The van der Waals surface area contributed by atoms with E-state index in [0.29, 0.717) is 0 Å². The second-order valence-electron chi connectivity index (χ2n) is 8.72. The summed E-state index contributed by atoms with van der Waals surface area (Å²) in [4.78, 5) is 0. The maximum absolute atomic E-state index is 2.29. The summed E-state index contributed by atoms with van der Waals surface area (Å²) in [6, 6.07) is 0. The highest BCUT2D eigenvalue weighted by atomic mass is 14.0. The number of unbranched alkanes of at least 4 members (excludes halogenated alkanes) is 21. The van der Waals surface area contributed by atoms with Gasteiger partial charge in [0.05, 0.1) is 0 Å². The van der Waals surface area contributed by atoms with E-state index in [0.717, 1.165) is 0 Å². The molecule has 166 valence electrons. The Bertz CT molecular complexity index is 186. The van der Waals surface area contributed by atoms with Crippen molar-refractivity contribution in [2.45, 2.75) is 175 Å². The van der Waals surface area contributed by atoms with E-state index in [-0.39, 0.29) is 0 Å². The molecule has 0 atom stereocenters. The maximum atomic E-state index is 2.29. The Kier molecular flexibility index (Phi) is 33.2. The molecule has 0 bridgehead atoms. The number of hydrogen-bond acceptors (Lipinski definition) is 0. The highest BCUT2D eigenvalue weighted by Gasteiger charge is 1.93. The highest BCUT2D eigenvalue weighted by molar-refractivity contribution is 4.49. The summed E-state index contributed by atoms with van der Waals surface area (Å²) in [5.41, 5.74) is 0. The van der Waals surface area contributed by atoms with Crippen LogP contribution in [0.1, 0.15) is 175 Å². The lowest BCUT2D eigenvalue weighted by Crippen LogP contribution is -1.82. The molecule has 0 aromatic carbocycles. The summed E-state index contributed by atoms with van der Waals surface area (Å²) < 4.78 is 0. The van der Waals surface area contributed by atoms with Crippen molar-refractivity contribution in [2.75, 3.05) is 0 Å². The molecule has 0 unspecified atom stereocenters. The molecule has 0 heteroatoms. The molecule has 0 saturated heterocycles. The summed E-state index contributed by atoms with van der Waals surface area (Å²) in [6.45, 7) is 9.12. The van der Waals surface area contributed by atoms with Crippen LogP contribution in [0.25, 0.3) is 0 Å². The first-order chi connectivity index (χ1) is 13.3. The van der Waals surface area contributed by atoms with Gasteiger partial charge in [0.25, 0.3) is 0 Å². The van der Waals surface area contributed by atoms with E-state index in [9.17, 15) is 0 Å². The lowest BCUT2D eigenvalue weighted by molar-refractivity contribution is 0.534. The predicted molar refractivity (Wildman–Crippen MR) is 129 cm³/mol. The maximum Gasteiger partial charge on any atom is -0.0533 e. The topological polar surface area (TPSA) is 0 Å². The van der Waals surface area contributed by atoms with Gasteiger partial charge < -0.3 is 0 Å². The van der Waals surface area contributed by atoms with E-state index in [4.69, 9.17) is 0 Å². The minimum Gasteiger partial charge on any atom is -0.0654 e. The molecule has 0 saturated carbocycles. The molecule has 27 heavy (non-hydrogen) atoms. The molecule has 0 amide bonds. The minimum atomic E-state index is 1.37. The van der Waals surface area contributed by atoms with Crippen LogP contribution in [-0.4, -0.2) is 0 Å². The summed E-state index contributed by atoms with van der Waals surface area (Å²) in [5.74, 6) is 0. The first-order valence-electron chi connectivity index (χ1n) is 13.3. The van der Waals surface area contributed by atoms with Crippen LogP contribution in [0.15, 0.2) is 0 Å². The Balaban J connectivity index is 0. The summed E-state index contributed by atoms with van der Waals surface area (Å²) >= 11 is 0. The monoisotopic (exact) mass is 382 g/mol. The van der Waals surface area contributed by atoms with Crippen LogP contribution in [0.3, 0.4) is 0 Å². The van der Waals surface area contributed by atoms with Crippen LogP contribution in [0.2, 0.25) is 0 Å². The van der Waals surface area contributed by atoms with Gasteiger partial charge in [-0.1, -0.05) is 175 Å². The summed E-state index contributed by atoms with van der Waals surface area (Å²) in [5, 5.41) is 0. The predicted octanol–water partition coefficient (Wildman–Crippen LogP) is 11.0. The van der Waals surface area contributed by atoms with Gasteiger partial charge in [0.15, 0.2) is 0 Å². The molecule has 0 radical (unpaired) electrons. The van der Waals surface area contributed by atoms with E-state index in [1.165, 1.54) is 148 Å². The third-order valence-corrected chi connectivity index (χ3v) is 5.66. The summed E-state index contributed by atoms with van der Waals surface area (Å²) in [7, 11) is 0. The van der Waals surface area contributed by atoms with Crippen molar-refractivity contribution >= 4 is 0 Å². The van der Waals surface area contributed by atoms with Crippen molar-refractivity contribution in [1.29, 1.82) is 0 Å². The molecule has 0 aromatic rings.